The predicted octanol–water partition coefficient (Wildman–Crippen LogP) is 3.09. The predicted molar refractivity (Wildman–Crippen MR) is 74.6 cm³/mol. The highest BCUT2D eigenvalue weighted by Gasteiger charge is 2.23. The zero-order valence-corrected chi connectivity index (χ0v) is 12.5. The third-order valence-corrected chi connectivity index (χ3v) is 4.08. The van der Waals surface area contributed by atoms with E-state index in [1.807, 2.05) is 4.90 Å². The van der Waals surface area contributed by atoms with Gasteiger partial charge in [0.25, 0.3) is 5.91 Å². The maximum atomic E-state index is 13.2. The molecule has 1 heterocycles. The van der Waals surface area contributed by atoms with Crippen molar-refractivity contribution in [3.63, 3.8) is 0 Å². The van der Waals surface area contributed by atoms with E-state index in [4.69, 9.17) is 4.74 Å². The molecule has 0 radical (unpaired) electrons. The number of halogens is 2. The van der Waals surface area contributed by atoms with Crippen molar-refractivity contribution in [1.82, 2.24) is 4.90 Å². The lowest BCUT2D eigenvalue weighted by Crippen LogP contribution is -2.39. The Bertz CT molecular complexity index is 459. The van der Waals surface area contributed by atoms with Crippen molar-refractivity contribution < 1.29 is 13.9 Å². The van der Waals surface area contributed by atoms with Crippen LogP contribution < -0.4 is 0 Å². The van der Waals surface area contributed by atoms with Gasteiger partial charge >= 0.3 is 0 Å². The van der Waals surface area contributed by atoms with Crippen molar-refractivity contribution >= 4 is 21.8 Å². The van der Waals surface area contributed by atoms with Crippen LogP contribution in [0, 0.1) is 11.7 Å². The van der Waals surface area contributed by atoms with Crippen LogP contribution in [0.5, 0.6) is 0 Å². The van der Waals surface area contributed by atoms with E-state index in [-0.39, 0.29) is 11.7 Å². The van der Waals surface area contributed by atoms with E-state index in [0.29, 0.717) is 16.0 Å². The first-order valence-corrected chi connectivity index (χ1v) is 7.14. The van der Waals surface area contributed by atoms with Crippen molar-refractivity contribution in [2.75, 3.05) is 26.8 Å². The van der Waals surface area contributed by atoms with Gasteiger partial charge in [-0.3, -0.25) is 4.79 Å². The molecule has 1 aromatic carbocycles. The fraction of sp³-hybridized carbons (Fsp3) is 0.500. The Morgan fingerprint density at radius 3 is 2.74 bits per heavy atom. The molecule has 3 nitrogen and oxygen atoms in total. The largest absolute Gasteiger partial charge is 0.384 e. The van der Waals surface area contributed by atoms with Gasteiger partial charge in [-0.15, -0.1) is 0 Å². The summed E-state index contributed by atoms with van der Waals surface area (Å²) in [6.45, 7) is 2.23. The number of carbonyl (C=O) groups is 1. The summed E-state index contributed by atoms with van der Waals surface area (Å²) >= 11 is 3.11. The van der Waals surface area contributed by atoms with Gasteiger partial charge in [0, 0.05) is 32.4 Å². The van der Waals surface area contributed by atoms with Crippen LogP contribution in [0.25, 0.3) is 0 Å². The molecular weight excluding hydrogens is 313 g/mol. The van der Waals surface area contributed by atoms with E-state index in [2.05, 4.69) is 15.9 Å². The average molecular weight is 330 g/mol. The molecule has 0 atom stereocenters. The molecule has 0 saturated carbocycles. The SMILES string of the molecule is COCC1CCN(C(=O)c2ccc(F)c(Br)c2)CC1. The topological polar surface area (TPSA) is 29.5 Å². The third-order valence-electron chi connectivity index (χ3n) is 3.47. The second-order valence-electron chi connectivity index (χ2n) is 4.82. The first-order chi connectivity index (χ1) is 9.11. The number of amides is 1. The molecule has 5 heteroatoms. The van der Waals surface area contributed by atoms with Crippen LogP contribution in [0.1, 0.15) is 23.2 Å². The van der Waals surface area contributed by atoms with Gasteiger partial charge in [0.05, 0.1) is 4.47 Å². The van der Waals surface area contributed by atoms with Gasteiger partial charge in [-0.25, -0.2) is 4.39 Å². The molecule has 2 rings (SSSR count). The number of benzene rings is 1. The normalized spacial score (nSPS) is 16.7. The third kappa shape index (κ3) is 3.54. The fourth-order valence-corrected chi connectivity index (χ4v) is 2.73. The number of ether oxygens (including phenoxy) is 1. The number of hydrogen-bond acceptors (Lipinski definition) is 2. The molecule has 1 aliphatic rings. The Morgan fingerprint density at radius 1 is 1.47 bits per heavy atom. The molecule has 0 bridgehead atoms. The van der Waals surface area contributed by atoms with Crippen LogP contribution in [-0.2, 0) is 4.74 Å². The molecule has 1 saturated heterocycles. The molecule has 0 aromatic heterocycles. The Kier molecular flexibility index (Phi) is 4.93. The van der Waals surface area contributed by atoms with Gasteiger partial charge in [-0.2, -0.15) is 0 Å². The zero-order valence-electron chi connectivity index (χ0n) is 10.9. The van der Waals surface area contributed by atoms with Crippen LogP contribution in [0.2, 0.25) is 0 Å². The van der Waals surface area contributed by atoms with Gasteiger partial charge < -0.3 is 9.64 Å². The average Bonchev–Trinajstić information content (AvgIpc) is 2.42. The van der Waals surface area contributed by atoms with E-state index >= 15 is 0 Å². The fourth-order valence-electron chi connectivity index (χ4n) is 2.35. The second-order valence-corrected chi connectivity index (χ2v) is 5.67. The molecule has 0 spiro atoms. The summed E-state index contributed by atoms with van der Waals surface area (Å²) in [7, 11) is 1.70. The van der Waals surface area contributed by atoms with Gasteiger partial charge in [-0.05, 0) is 52.9 Å². The lowest BCUT2D eigenvalue weighted by atomic mass is 9.97. The van der Waals surface area contributed by atoms with E-state index in [1.54, 1.807) is 13.2 Å². The summed E-state index contributed by atoms with van der Waals surface area (Å²) in [5.41, 5.74) is 0.526. The quantitative estimate of drug-likeness (QED) is 0.852. The van der Waals surface area contributed by atoms with E-state index in [0.717, 1.165) is 32.5 Å². The smallest absolute Gasteiger partial charge is 0.253 e. The molecular formula is C14H17BrFNO2. The maximum Gasteiger partial charge on any atom is 0.253 e. The number of likely N-dealkylation sites (tertiary alicyclic amines) is 1. The van der Waals surface area contributed by atoms with E-state index in [9.17, 15) is 9.18 Å². The van der Waals surface area contributed by atoms with Crippen LogP contribution in [0.3, 0.4) is 0 Å². The van der Waals surface area contributed by atoms with Gasteiger partial charge in [-0.1, -0.05) is 0 Å². The molecule has 0 unspecified atom stereocenters. The van der Waals surface area contributed by atoms with Gasteiger partial charge in [0.2, 0.25) is 0 Å². The number of methoxy groups -OCH3 is 1. The zero-order chi connectivity index (χ0) is 13.8. The van der Waals surface area contributed by atoms with Crippen LogP contribution >= 0.6 is 15.9 Å². The Labute approximate surface area is 120 Å². The van der Waals surface area contributed by atoms with Gasteiger partial charge in [0.1, 0.15) is 5.82 Å². The number of piperidine rings is 1. The number of nitrogens with zero attached hydrogens (tertiary/aromatic N) is 1. The van der Waals surface area contributed by atoms with Crippen LogP contribution in [0.4, 0.5) is 4.39 Å². The molecule has 0 N–H and O–H groups in total. The molecule has 1 amide bonds. The minimum absolute atomic E-state index is 0.0310. The van der Waals surface area contributed by atoms with E-state index in [1.165, 1.54) is 12.1 Å². The highest BCUT2D eigenvalue weighted by Crippen LogP contribution is 2.21. The van der Waals surface area contributed by atoms with Crippen molar-refractivity contribution in [1.29, 1.82) is 0 Å². The monoisotopic (exact) mass is 329 g/mol. The van der Waals surface area contributed by atoms with Crippen LogP contribution in [0.15, 0.2) is 22.7 Å². The summed E-state index contributed by atoms with van der Waals surface area (Å²) in [6, 6.07) is 4.39. The summed E-state index contributed by atoms with van der Waals surface area (Å²) < 4.78 is 18.6. The number of carbonyl (C=O) groups excluding carboxylic acids is 1. The van der Waals surface area contributed by atoms with Crippen molar-refractivity contribution in [2.45, 2.75) is 12.8 Å². The maximum absolute atomic E-state index is 13.2. The summed E-state index contributed by atoms with van der Waals surface area (Å²) in [4.78, 5) is 14.1. The summed E-state index contributed by atoms with van der Waals surface area (Å²) in [6.07, 6.45) is 1.92. The summed E-state index contributed by atoms with van der Waals surface area (Å²) in [5.74, 6) is 0.154. The Morgan fingerprint density at radius 2 is 2.16 bits per heavy atom. The van der Waals surface area contributed by atoms with Gasteiger partial charge in [0.15, 0.2) is 0 Å². The second kappa shape index (κ2) is 6.48. The Hall–Kier alpha value is -0.940. The molecule has 1 fully saturated rings. The molecule has 0 aliphatic carbocycles. The molecule has 1 aromatic rings. The number of hydrogen-bond donors (Lipinski definition) is 0. The first kappa shape index (κ1) is 14.5. The highest BCUT2D eigenvalue weighted by atomic mass is 79.9. The Balaban J connectivity index is 1.99. The highest BCUT2D eigenvalue weighted by molar-refractivity contribution is 9.10. The molecule has 1 aliphatic heterocycles. The molecule has 104 valence electrons. The lowest BCUT2D eigenvalue weighted by Gasteiger charge is -2.31. The van der Waals surface area contributed by atoms with Crippen molar-refractivity contribution in [2.24, 2.45) is 5.92 Å². The lowest BCUT2D eigenvalue weighted by molar-refractivity contribution is 0.0613. The minimum Gasteiger partial charge on any atom is -0.384 e. The minimum atomic E-state index is -0.352. The standard InChI is InChI=1S/C14H17BrFNO2/c1-19-9-10-4-6-17(7-5-10)14(18)11-2-3-13(16)12(15)8-11/h2-3,8,10H,4-7,9H2,1H3. The molecule has 19 heavy (non-hydrogen) atoms. The van der Waals surface area contributed by atoms with Crippen molar-refractivity contribution in [3.8, 4) is 0 Å². The van der Waals surface area contributed by atoms with E-state index < -0.39 is 0 Å². The number of rotatable bonds is 3. The first-order valence-electron chi connectivity index (χ1n) is 6.35. The van der Waals surface area contributed by atoms with Crippen molar-refractivity contribution in [3.05, 3.63) is 34.1 Å². The summed E-state index contributed by atoms with van der Waals surface area (Å²) in [5, 5.41) is 0. The van der Waals surface area contributed by atoms with Crippen LogP contribution in [-0.4, -0.2) is 37.6 Å².